The Labute approximate surface area is 119 Å². The summed E-state index contributed by atoms with van der Waals surface area (Å²) in [5, 5.41) is 0. The van der Waals surface area contributed by atoms with E-state index in [1.807, 2.05) is 6.07 Å². The van der Waals surface area contributed by atoms with Gasteiger partial charge in [-0.1, -0.05) is 30.0 Å². The standard InChI is InChI=1S/C17H18N2O/c1-13-5-3-6-14(2)17(13)12-20-16-9-15(7-4-8-18)10-19-11-16/h3,5-6,9-11H,8,12,18H2,1-2H3. The predicted molar refractivity (Wildman–Crippen MR) is 80.4 cm³/mol. The van der Waals surface area contributed by atoms with E-state index < -0.39 is 0 Å². The Kier molecular flexibility index (Phi) is 4.75. The summed E-state index contributed by atoms with van der Waals surface area (Å²) >= 11 is 0. The fourth-order valence-electron chi connectivity index (χ4n) is 1.95. The third-order valence-electron chi connectivity index (χ3n) is 3.08. The SMILES string of the molecule is Cc1cccc(C)c1COc1cncc(C#CCN)c1. The van der Waals surface area contributed by atoms with E-state index in [1.165, 1.54) is 16.7 Å². The molecule has 0 aliphatic heterocycles. The van der Waals surface area contributed by atoms with Crippen molar-refractivity contribution in [3.05, 3.63) is 58.9 Å². The van der Waals surface area contributed by atoms with E-state index in [4.69, 9.17) is 10.5 Å². The summed E-state index contributed by atoms with van der Waals surface area (Å²) in [4.78, 5) is 4.13. The minimum Gasteiger partial charge on any atom is -0.487 e. The maximum atomic E-state index is 5.81. The minimum atomic E-state index is 0.341. The third kappa shape index (κ3) is 3.59. The summed E-state index contributed by atoms with van der Waals surface area (Å²) in [6.45, 7) is 5.06. The number of benzene rings is 1. The number of aryl methyl sites for hydroxylation is 2. The molecule has 2 aromatic rings. The van der Waals surface area contributed by atoms with Gasteiger partial charge in [0.25, 0.3) is 0 Å². The number of pyridine rings is 1. The average molecular weight is 266 g/mol. The summed E-state index contributed by atoms with van der Waals surface area (Å²) in [7, 11) is 0. The lowest BCUT2D eigenvalue weighted by Crippen LogP contribution is -2.01. The first-order valence-electron chi connectivity index (χ1n) is 6.52. The molecule has 0 aliphatic carbocycles. The summed E-state index contributed by atoms with van der Waals surface area (Å²) in [6.07, 6.45) is 3.40. The minimum absolute atomic E-state index is 0.341. The lowest BCUT2D eigenvalue weighted by atomic mass is 10.0. The zero-order valence-electron chi connectivity index (χ0n) is 11.8. The van der Waals surface area contributed by atoms with Gasteiger partial charge in [-0.3, -0.25) is 4.98 Å². The summed E-state index contributed by atoms with van der Waals surface area (Å²) in [6, 6.07) is 8.11. The Morgan fingerprint density at radius 2 is 1.95 bits per heavy atom. The van der Waals surface area contributed by atoms with Gasteiger partial charge in [0, 0.05) is 11.8 Å². The van der Waals surface area contributed by atoms with Gasteiger partial charge in [0.15, 0.2) is 0 Å². The lowest BCUT2D eigenvalue weighted by Gasteiger charge is -2.11. The molecule has 0 atom stereocenters. The molecule has 0 saturated carbocycles. The van der Waals surface area contributed by atoms with Crippen molar-refractivity contribution in [1.29, 1.82) is 0 Å². The molecule has 0 saturated heterocycles. The average Bonchev–Trinajstić information content (AvgIpc) is 2.45. The predicted octanol–water partition coefficient (Wildman–Crippen LogP) is 2.59. The van der Waals surface area contributed by atoms with Crippen molar-refractivity contribution in [2.45, 2.75) is 20.5 Å². The van der Waals surface area contributed by atoms with Crippen LogP contribution in [0.5, 0.6) is 5.75 Å². The van der Waals surface area contributed by atoms with Crippen molar-refractivity contribution in [2.75, 3.05) is 6.54 Å². The number of rotatable bonds is 3. The fraction of sp³-hybridized carbons (Fsp3) is 0.235. The van der Waals surface area contributed by atoms with Crippen molar-refractivity contribution < 1.29 is 4.74 Å². The second-order valence-electron chi connectivity index (χ2n) is 4.57. The zero-order chi connectivity index (χ0) is 14.4. The molecule has 0 unspecified atom stereocenters. The molecular weight excluding hydrogens is 248 g/mol. The van der Waals surface area contributed by atoms with Gasteiger partial charge in [-0.05, 0) is 36.6 Å². The quantitative estimate of drug-likeness (QED) is 0.869. The highest BCUT2D eigenvalue weighted by Crippen LogP contribution is 2.17. The van der Waals surface area contributed by atoms with Gasteiger partial charge in [-0.25, -0.2) is 0 Å². The molecule has 1 heterocycles. The van der Waals surface area contributed by atoms with Crippen molar-refractivity contribution in [2.24, 2.45) is 5.73 Å². The van der Waals surface area contributed by atoms with Crippen LogP contribution < -0.4 is 10.5 Å². The number of ether oxygens (including phenoxy) is 1. The van der Waals surface area contributed by atoms with Crippen LogP contribution in [0.15, 0.2) is 36.7 Å². The van der Waals surface area contributed by atoms with Gasteiger partial charge in [0.05, 0.1) is 12.7 Å². The lowest BCUT2D eigenvalue weighted by molar-refractivity contribution is 0.303. The van der Waals surface area contributed by atoms with Crippen LogP contribution >= 0.6 is 0 Å². The first-order valence-corrected chi connectivity index (χ1v) is 6.52. The van der Waals surface area contributed by atoms with Crippen molar-refractivity contribution >= 4 is 0 Å². The van der Waals surface area contributed by atoms with E-state index in [0.29, 0.717) is 13.2 Å². The van der Waals surface area contributed by atoms with Crippen LogP contribution in [0.25, 0.3) is 0 Å². The van der Waals surface area contributed by atoms with Crippen LogP contribution in [0.2, 0.25) is 0 Å². The van der Waals surface area contributed by atoms with E-state index >= 15 is 0 Å². The molecular formula is C17H18N2O. The van der Waals surface area contributed by atoms with Crippen LogP contribution in [-0.4, -0.2) is 11.5 Å². The van der Waals surface area contributed by atoms with Crippen LogP contribution in [0.1, 0.15) is 22.3 Å². The zero-order valence-corrected chi connectivity index (χ0v) is 11.8. The molecule has 3 nitrogen and oxygen atoms in total. The summed E-state index contributed by atoms with van der Waals surface area (Å²) in [5.74, 6) is 6.47. The topological polar surface area (TPSA) is 48.1 Å². The Bertz CT molecular complexity index is 633. The van der Waals surface area contributed by atoms with Gasteiger partial charge >= 0.3 is 0 Å². The number of nitrogens with two attached hydrogens (primary N) is 1. The van der Waals surface area contributed by atoms with Crippen molar-refractivity contribution in [3.63, 3.8) is 0 Å². The molecule has 3 heteroatoms. The van der Waals surface area contributed by atoms with Gasteiger partial charge in [0.2, 0.25) is 0 Å². The highest BCUT2D eigenvalue weighted by molar-refractivity contribution is 5.38. The first-order chi connectivity index (χ1) is 9.70. The molecule has 0 bridgehead atoms. The largest absolute Gasteiger partial charge is 0.487 e. The van der Waals surface area contributed by atoms with Gasteiger partial charge < -0.3 is 10.5 Å². The van der Waals surface area contributed by atoms with Crippen LogP contribution in [0, 0.1) is 25.7 Å². The van der Waals surface area contributed by atoms with E-state index in [2.05, 4.69) is 48.9 Å². The maximum Gasteiger partial charge on any atom is 0.139 e. The molecule has 102 valence electrons. The molecule has 20 heavy (non-hydrogen) atoms. The Morgan fingerprint density at radius 1 is 1.20 bits per heavy atom. The Morgan fingerprint density at radius 3 is 2.65 bits per heavy atom. The molecule has 1 aromatic heterocycles. The molecule has 1 aromatic carbocycles. The molecule has 2 rings (SSSR count). The molecule has 0 radical (unpaired) electrons. The van der Waals surface area contributed by atoms with Crippen molar-refractivity contribution in [3.8, 4) is 17.6 Å². The van der Waals surface area contributed by atoms with Crippen LogP contribution in [0.4, 0.5) is 0 Å². The smallest absolute Gasteiger partial charge is 0.139 e. The molecule has 0 amide bonds. The monoisotopic (exact) mass is 266 g/mol. The number of aromatic nitrogens is 1. The molecule has 0 spiro atoms. The van der Waals surface area contributed by atoms with Gasteiger partial charge in [-0.2, -0.15) is 0 Å². The van der Waals surface area contributed by atoms with Gasteiger partial charge in [0.1, 0.15) is 12.4 Å². The van der Waals surface area contributed by atoms with E-state index in [-0.39, 0.29) is 0 Å². The Balaban J connectivity index is 2.11. The second-order valence-corrected chi connectivity index (χ2v) is 4.57. The fourth-order valence-corrected chi connectivity index (χ4v) is 1.95. The second kappa shape index (κ2) is 6.74. The first kappa shape index (κ1) is 14.1. The maximum absolute atomic E-state index is 5.81. The highest BCUT2D eigenvalue weighted by Gasteiger charge is 2.03. The third-order valence-corrected chi connectivity index (χ3v) is 3.08. The number of hydrogen-bond donors (Lipinski definition) is 1. The Hall–Kier alpha value is -2.31. The highest BCUT2D eigenvalue weighted by atomic mass is 16.5. The number of nitrogens with zero attached hydrogens (tertiary/aromatic N) is 1. The van der Waals surface area contributed by atoms with E-state index in [9.17, 15) is 0 Å². The summed E-state index contributed by atoms with van der Waals surface area (Å²) in [5.41, 5.74) is 9.85. The van der Waals surface area contributed by atoms with Crippen LogP contribution in [-0.2, 0) is 6.61 Å². The van der Waals surface area contributed by atoms with E-state index in [0.717, 1.165) is 11.3 Å². The van der Waals surface area contributed by atoms with Crippen LogP contribution in [0.3, 0.4) is 0 Å². The summed E-state index contributed by atoms with van der Waals surface area (Å²) < 4.78 is 5.81. The molecule has 0 fully saturated rings. The molecule has 0 aliphatic rings. The van der Waals surface area contributed by atoms with E-state index in [1.54, 1.807) is 12.4 Å². The number of hydrogen-bond acceptors (Lipinski definition) is 3. The normalized spacial score (nSPS) is 9.75. The van der Waals surface area contributed by atoms with Gasteiger partial charge in [-0.15, -0.1) is 0 Å². The molecule has 2 N–H and O–H groups in total. The van der Waals surface area contributed by atoms with Crippen molar-refractivity contribution in [1.82, 2.24) is 4.98 Å².